The highest BCUT2D eigenvalue weighted by Crippen LogP contribution is 1.92. The fraction of sp³-hybridized carbons (Fsp3) is 0.900. The van der Waals surface area contributed by atoms with Crippen molar-refractivity contribution in [1.29, 1.82) is 0 Å². The Balaban J connectivity index is 3.17. The van der Waals surface area contributed by atoms with Crippen molar-refractivity contribution in [3.8, 4) is 0 Å². The average molecular weight is 218 g/mol. The maximum Gasteiger partial charge on any atom is 0.234 e. The van der Waals surface area contributed by atoms with Crippen LogP contribution in [0.2, 0.25) is 0 Å². The van der Waals surface area contributed by atoms with Crippen molar-refractivity contribution in [2.45, 2.75) is 25.9 Å². The van der Waals surface area contributed by atoms with Crippen LogP contribution in [0.5, 0.6) is 0 Å². The monoisotopic (exact) mass is 218 g/mol. The molecule has 0 rings (SSSR count). The van der Waals surface area contributed by atoms with Gasteiger partial charge in [0.15, 0.2) is 0 Å². The van der Waals surface area contributed by atoms with Crippen LogP contribution >= 0.6 is 0 Å². The van der Waals surface area contributed by atoms with Crippen LogP contribution < -0.4 is 10.6 Å². The topological polar surface area (TPSA) is 70.6 Å². The van der Waals surface area contributed by atoms with E-state index in [1.807, 2.05) is 0 Å². The van der Waals surface area contributed by atoms with Gasteiger partial charge < -0.3 is 20.5 Å². The Morgan fingerprint density at radius 2 is 2.20 bits per heavy atom. The van der Waals surface area contributed by atoms with Crippen LogP contribution in [0.3, 0.4) is 0 Å². The van der Waals surface area contributed by atoms with Gasteiger partial charge >= 0.3 is 0 Å². The van der Waals surface area contributed by atoms with E-state index < -0.39 is 0 Å². The van der Waals surface area contributed by atoms with E-state index in [2.05, 4.69) is 10.6 Å². The van der Waals surface area contributed by atoms with Gasteiger partial charge in [-0.05, 0) is 26.3 Å². The van der Waals surface area contributed by atoms with Gasteiger partial charge in [-0.15, -0.1) is 0 Å². The molecule has 1 unspecified atom stereocenters. The second kappa shape index (κ2) is 9.89. The quantitative estimate of drug-likeness (QED) is 0.456. The molecule has 0 saturated heterocycles. The second-order valence-corrected chi connectivity index (χ2v) is 3.51. The second-order valence-electron chi connectivity index (χ2n) is 3.51. The van der Waals surface area contributed by atoms with Gasteiger partial charge in [-0.3, -0.25) is 4.79 Å². The van der Waals surface area contributed by atoms with E-state index in [0.717, 1.165) is 19.4 Å². The molecule has 0 radical (unpaired) electrons. The van der Waals surface area contributed by atoms with E-state index in [-0.39, 0.29) is 12.0 Å². The van der Waals surface area contributed by atoms with Crippen LogP contribution in [0.4, 0.5) is 0 Å². The number of rotatable bonds is 9. The molecule has 0 aromatic carbocycles. The fourth-order valence-corrected chi connectivity index (χ4v) is 1.08. The van der Waals surface area contributed by atoms with Gasteiger partial charge in [-0.1, -0.05) is 0 Å². The van der Waals surface area contributed by atoms with Crippen molar-refractivity contribution in [3.05, 3.63) is 0 Å². The number of amides is 1. The summed E-state index contributed by atoms with van der Waals surface area (Å²) in [5, 5.41) is 14.7. The summed E-state index contributed by atoms with van der Waals surface area (Å²) in [6.07, 6.45) is 1.38. The lowest BCUT2D eigenvalue weighted by molar-refractivity contribution is -0.120. The van der Waals surface area contributed by atoms with Crippen LogP contribution in [-0.4, -0.2) is 50.5 Å². The molecule has 0 aromatic heterocycles. The van der Waals surface area contributed by atoms with E-state index in [0.29, 0.717) is 19.7 Å². The van der Waals surface area contributed by atoms with Crippen LogP contribution in [0, 0.1) is 0 Å². The van der Waals surface area contributed by atoms with Crippen LogP contribution in [-0.2, 0) is 9.53 Å². The summed E-state index contributed by atoms with van der Waals surface area (Å²) in [4.78, 5) is 11.1. The molecule has 0 aliphatic carbocycles. The lowest BCUT2D eigenvalue weighted by Gasteiger charge is -2.07. The van der Waals surface area contributed by atoms with Crippen molar-refractivity contribution in [3.63, 3.8) is 0 Å². The standard InChI is InChI=1S/C10H22N2O3/c1-9(13)4-3-5-11-8-10(14)12-6-7-15-2/h9,11,13H,3-8H2,1-2H3,(H,12,14). The van der Waals surface area contributed by atoms with Crippen molar-refractivity contribution >= 4 is 5.91 Å². The van der Waals surface area contributed by atoms with Crippen LogP contribution in [0.15, 0.2) is 0 Å². The van der Waals surface area contributed by atoms with E-state index in [1.165, 1.54) is 0 Å². The van der Waals surface area contributed by atoms with Gasteiger partial charge in [0.2, 0.25) is 5.91 Å². The molecule has 90 valence electrons. The Morgan fingerprint density at radius 3 is 2.80 bits per heavy atom. The molecule has 0 fully saturated rings. The Hall–Kier alpha value is -0.650. The van der Waals surface area contributed by atoms with Gasteiger partial charge in [0.05, 0.1) is 19.3 Å². The number of nitrogens with one attached hydrogen (secondary N) is 2. The number of hydrogen-bond donors (Lipinski definition) is 3. The molecular weight excluding hydrogens is 196 g/mol. The van der Waals surface area contributed by atoms with E-state index >= 15 is 0 Å². The number of aliphatic hydroxyl groups is 1. The minimum absolute atomic E-state index is 0.0240. The number of carbonyl (C=O) groups excluding carboxylic acids is 1. The van der Waals surface area contributed by atoms with Gasteiger partial charge in [0.1, 0.15) is 0 Å². The highest BCUT2D eigenvalue weighted by atomic mass is 16.5. The van der Waals surface area contributed by atoms with Crippen molar-refractivity contribution in [1.82, 2.24) is 10.6 Å². The number of ether oxygens (including phenoxy) is 1. The molecule has 5 heteroatoms. The third kappa shape index (κ3) is 11.3. The van der Waals surface area contributed by atoms with Gasteiger partial charge in [-0.2, -0.15) is 0 Å². The lowest BCUT2D eigenvalue weighted by Crippen LogP contribution is -2.36. The Kier molecular flexibility index (Phi) is 9.46. The predicted molar refractivity (Wildman–Crippen MR) is 58.7 cm³/mol. The zero-order valence-corrected chi connectivity index (χ0v) is 9.58. The molecule has 0 spiro atoms. The Bertz CT molecular complexity index is 163. The number of methoxy groups -OCH3 is 1. The molecule has 1 amide bonds. The SMILES string of the molecule is COCCNC(=O)CNCCCC(C)O. The normalized spacial score (nSPS) is 12.5. The predicted octanol–water partition coefficient (Wildman–Crippen LogP) is -0.500. The Morgan fingerprint density at radius 1 is 1.47 bits per heavy atom. The zero-order chi connectivity index (χ0) is 11.5. The highest BCUT2D eigenvalue weighted by molar-refractivity contribution is 5.77. The molecule has 0 aromatic rings. The summed E-state index contributed by atoms with van der Waals surface area (Å²) >= 11 is 0. The summed E-state index contributed by atoms with van der Waals surface area (Å²) in [6.45, 7) is 3.92. The molecule has 0 saturated carbocycles. The molecule has 0 bridgehead atoms. The molecule has 15 heavy (non-hydrogen) atoms. The largest absolute Gasteiger partial charge is 0.393 e. The van der Waals surface area contributed by atoms with Crippen molar-refractivity contribution in [2.75, 3.05) is 33.4 Å². The van der Waals surface area contributed by atoms with Crippen LogP contribution in [0.1, 0.15) is 19.8 Å². The number of carbonyl (C=O) groups is 1. The van der Waals surface area contributed by atoms with E-state index in [4.69, 9.17) is 9.84 Å². The summed E-state index contributed by atoms with van der Waals surface area (Å²) in [7, 11) is 1.60. The third-order valence-electron chi connectivity index (χ3n) is 1.89. The Labute approximate surface area is 91.2 Å². The minimum Gasteiger partial charge on any atom is -0.393 e. The molecule has 0 aliphatic rings. The zero-order valence-electron chi connectivity index (χ0n) is 9.58. The average Bonchev–Trinajstić information content (AvgIpc) is 2.17. The first-order valence-electron chi connectivity index (χ1n) is 5.31. The van der Waals surface area contributed by atoms with Gasteiger partial charge in [0, 0.05) is 13.7 Å². The highest BCUT2D eigenvalue weighted by Gasteiger charge is 1.99. The van der Waals surface area contributed by atoms with Crippen molar-refractivity contribution < 1.29 is 14.6 Å². The third-order valence-corrected chi connectivity index (χ3v) is 1.89. The smallest absolute Gasteiger partial charge is 0.234 e. The molecule has 5 nitrogen and oxygen atoms in total. The summed E-state index contributed by atoms with van der Waals surface area (Å²) in [6, 6.07) is 0. The summed E-state index contributed by atoms with van der Waals surface area (Å²) < 4.78 is 4.80. The maximum absolute atomic E-state index is 11.1. The van der Waals surface area contributed by atoms with Gasteiger partial charge in [-0.25, -0.2) is 0 Å². The van der Waals surface area contributed by atoms with E-state index in [1.54, 1.807) is 14.0 Å². The first-order valence-corrected chi connectivity index (χ1v) is 5.31. The molecule has 3 N–H and O–H groups in total. The lowest BCUT2D eigenvalue weighted by atomic mass is 10.2. The molecule has 0 heterocycles. The van der Waals surface area contributed by atoms with E-state index in [9.17, 15) is 4.79 Å². The summed E-state index contributed by atoms with van der Waals surface area (Å²) in [5.41, 5.74) is 0. The fourth-order valence-electron chi connectivity index (χ4n) is 1.08. The first kappa shape index (κ1) is 14.3. The maximum atomic E-state index is 11.1. The number of aliphatic hydroxyl groups excluding tert-OH is 1. The first-order chi connectivity index (χ1) is 7.16. The summed E-state index contributed by atoms with van der Waals surface area (Å²) in [5.74, 6) is -0.0240. The molecular formula is C10H22N2O3. The molecule has 1 atom stereocenters. The van der Waals surface area contributed by atoms with Gasteiger partial charge in [0.25, 0.3) is 0 Å². The molecule has 0 aliphatic heterocycles. The van der Waals surface area contributed by atoms with Crippen LogP contribution in [0.25, 0.3) is 0 Å². The van der Waals surface area contributed by atoms with Crippen molar-refractivity contribution in [2.24, 2.45) is 0 Å². The minimum atomic E-state index is -0.262. The number of hydrogen-bond acceptors (Lipinski definition) is 4.